The van der Waals surface area contributed by atoms with Crippen molar-refractivity contribution in [3.05, 3.63) is 40.9 Å². The van der Waals surface area contributed by atoms with Gasteiger partial charge >= 0.3 is 0 Å². The van der Waals surface area contributed by atoms with Crippen LogP contribution >= 0.6 is 0 Å². The van der Waals surface area contributed by atoms with Crippen LogP contribution in [0, 0.1) is 27.7 Å². The molecule has 126 valence electrons. The fraction of sp³-hybridized carbons (Fsp3) is 0.412. The van der Waals surface area contributed by atoms with Gasteiger partial charge in [-0.3, -0.25) is 0 Å². The van der Waals surface area contributed by atoms with Gasteiger partial charge < -0.3 is 13.8 Å². The highest BCUT2D eigenvalue weighted by molar-refractivity contribution is 5.60. The average molecular weight is 328 g/mol. The highest BCUT2D eigenvalue weighted by atomic mass is 16.5. The van der Waals surface area contributed by atoms with Crippen molar-refractivity contribution in [1.82, 2.24) is 20.3 Å². The van der Waals surface area contributed by atoms with Crippen molar-refractivity contribution in [2.75, 3.05) is 6.61 Å². The fourth-order valence-corrected chi connectivity index (χ4v) is 2.56. The van der Waals surface area contributed by atoms with Crippen molar-refractivity contribution >= 4 is 0 Å². The lowest BCUT2D eigenvalue weighted by Gasteiger charge is -2.13. The van der Waals surface area contributed by atoms with Crippen LogP contribution in [0.4, 0.5) is 0 Å². The van der Waals surface area contributed by atoms with Gasteiger partial charge in [-0.2, -0.15) is 9.97 Å². The second-order valence-electron chi connectivity index (χ2n) is 5.76. The molecule has 0 spiro atoms. The Morgan fingerprint density at radius 1 is 0.958 bits per heavy atom. The van der Waals surface area contributed by atoms with Gasteiger partial charge in [0.1, 0.15) is 5.75 Å². The Morgan fingerprint density at radius 3 is 2.29 bits per heavy atom. The van der Waals surface area contributed by atoms with Crippen LogP contribution in [0.3, 0.4) is 0 Å². The van der Waals surface area contributed by atoms with Crippen LogP contribution in [0.25, 0.3) is 11.4 Å². The van der Waals surface area contributed by atoms with Crippen LogP contribution in [0.15, 0.2) is 21.2 Å². The molecule has 0 N–H and O–H groups in total. The number of hydrogen-bond acceptors (Lipinski definition) is 7. The number of aryl methyl sites for hydroxylation is 5. The van der Waals surface area contributed by atoms with E-state index in [0.29, 0.717) is 36.5 Å². The van der Waals surface area contributed by atoms with Crippen LogP contribution in [0.5, 0.6) is 5.75 Å². The molecule has 0 bridgehead atoms. The maximum atomic E-state index is 5.94. The summed E-state index contributed by atoms with van der Waals surface area (Å²) in [4.78, 5) is 8.44. The van der Waals surface area contributed by atoms with Gasteiger partial charge in [0, 0.05) is 18.9 Å². The molecule has 24 heavy (non-hydrogen) atoms. The van der Waals surface area contributed by atoms with Crippen molar-refractivity contribution in [3.8, 4) is 17.1 Å². The Morgan fingerprint density at radius 2 is 1.71 bits per heavy atom. The summed E-state index contributed by atoms with van der Waals surface area (Å²) in [5.74, 6) is 3.34. The zero-order valence-corrected chi connectivity index (χ0v) is 14.3. The van der Waals surface area contributed by atoms with Crippen LogP contribution in [0.1, 0.15) is 35.2 Å². The third kappa shape index (κ3) is 3.61. The average Bonchev–Trinajstić information content (AvgIpc) is 3.14. The molecule has 0 saturated heterocycles. The lowest BCUT2D eigenvalue weighted by molar-refractivity contribution is 0.295. The van der Waals surface area contributed by atoms with E-state index in [1.54, 1.807) is 6.92 Å². The predicted molar refractivity (Wildman–Crippen MR) is 86.8 cm³/mol. The van der Waals surface area contributed by atoms with E-state index in [1.807, 2.05) is 32.9 Å². The molecule has 0 aliphatic rings. The molecular formula is C17H20N4O3. The van der Waals surface area contributed by atoms with E-state index in [9.17, 15) is 0 Å². The molecule has 3 aromatic rings. The molecule has 2 aromatic heterocycles. The summed E-state index contributed by atoms with van der Waals surface area (Å²) in [5.41, 5.74) is 3.01. The standard InChI is InChI=1S/C17H20N4O3/c1-10-8-14(17-19-13(4)23-21-17)9-11(2)16(10)22-7-5-6-15-18-12(3)20-24-15/h8-9H,5-7H2,1-4H3. The highest BCUT2D eigenvalue weighted by Crippen LogP contribution is 2.29. The Labute approximate surface area is 140 Å². The third-order valence-corrected chi connectivity index (χ3v) is 3.60. The minimum atomic E-state index is 0.553. The van der Waals surface area contributed by atoms with E-state index in [1.165, 1.54) is 0 Å². The first kappa shape index (κ1) is 16.2. The molecule has 0 fully saturated rings. The van der Waals surface area contributed by atoms with Crippen LogP contribution < -0.4 is 4.74 Å². The minimum absolute atomic E-state index is 0.553. The van der Waals surface area contributed by atoms with Crippen molar-refractivity contribution in [2.24, 2.45) is 0 Å². The van der Waals surface area contributed by atoms with E-state index in [0.717, 1.165) is 28.9 Å². The van der Waals surface area contributed by atoms with Crippen molar-refractivity contribution in [1.29, 1.82) is 0 Å². The number of ether oxygens (including phenoxy) is 1. The van der Waals surface area contributed by atoms with Crippen LogP contribution in [-0.2, 0) is 6.42 Å². The van der Waals surface area contributed by atoms with Crippen LogP contribution in [-0.4, -0.2) is 26.9 Å². The highest BCUT2D eigenvalue weighted by Gasteiger charge is 2.12. The minimum Gasteiger partial charge on any atom is -0.493 e. The molecule has 7 nitrogen and oxygen atoms in total. The first-order valence-corrected chi connectivity index (χ1v) is 7.87. The summed E-state index contributed by atoms with van der Waals surface area (Å²) in [5, 5.41) is 7.73. The Bertz CT molecular complexity index is 815. The zero-order valence-electron chi connectivity index (χ0n) is 14.3. The van der Waals surface area contributed by atoms with E-state index >= 15 is 0 Å². The molecule has 0 amide bonds. The largest absolute Gasteiger partial charge is 0.493 e. The second-order valence-corrected chi connectivity index (χ2v) is 5.76. The summed E-state index contributed by atoms with van der Waals surface area (Å²) in [6.07, 6.45) is 1.52. The van der Waals surface area contributed by atoms with Gasteiger partial charge in [-0.15, -0.1) is 0 Å². The smallest absolute Gasteiger partial charge is 0.226 e. The first-order chi connectivity index (χ1) is 11.5. The van der Waals surface area contributed by atoms with E-state index in [2.05, 4.69) is 20.3 Å². The first-order valence-electron chi connectivity index (χ1n) is 7.87. The summed E-state index contributed by atoms with van der Waals surface area (Å²) >= 11 is 0. The summed E-state index contributed by atoms with van der Waals surface area (Å²) in [6.45, 7) is 8.20. The maximum absolute atomic E-state index is 5.94. The Balaban J connectivity index is 1.63. The number of rotatable bonds is 6. The summed E-state index contributed by atoms with van der Waals surface area (Å²) in [6, 6.07) is 4.02. The fourth-order valence-electron chi connectivity index (χ4n) is 2.56. The second kappa shape index (κ2) is 6.82. The molecule has 0 saturated carbocycles. The van der Waals surface area contributed by atoms with Gasteiger partial charge in [-0.1, -0.05) is 10.3 Å². The zero-order chi connectivity index (χ0) is 17.1. The maximum Gasteiger partial charge on any atom is 0.226 e. The van der Waals surface area contributed by atoms with Gasteiger partial charge in [-0.25, -0.2) is 0 Å². The summed E-state index contributed by atoms with van der Waals surface area (Å²) < 4.78 is 16.1. The van der Waals surface area contributed by atoms with Crippen molar-refractivity contribution in [2.45, 2.75) is 40.5 Å². The van der Waals surface area contributed by atoms with Crippen molar-refractivity contribution < 1.29 is 13.8 Å². The molecule has 0 aliphatic heterocycles. The Hall–Kier alpha value is -2.70. The number of hydrogen-bond donors (Lipinski definition) is 0. The number of benzene rings is 1. The molecule has 0 unspecified atom stereocenters. The lowest BCUT2D eigenvalue weighted by atomic mass is 10.1. The van der Waals surface area contributed by atoms with E-state index < -0.39 is 0 Å². The van der Waals surface area contributed by atoms with E-state index in [-0.39, 0.29) is 0 Å². The molecule has 3 rings (SSSR count). The Kier molecular flexibility index (Phi) is 4.59. The molecular weight excluding hydrogens is 308 g/mol. The molecule has 0 aliphatic carbocycles. The molecule has 7 heteroatoms. The molecule has 2 heterocycles. The van der Waals surface area contributed by atoms with Crippen molar-refractivity contribution in [3.63, 3.8) is 0 Å². The predicted octanol–water partition coefficient (Wildman–Crippen LogP) is 3.36. The van der Waals surface area contributed by atoms with E-state index in [4.69, 9.17) is 13.8 Å². The monoisotopic (exact) mass is 328 g/mol. The quantitative estimate of drug-likeness (QED) is 0.641. The van der Waals surface area contributed by atoms with Gasteiger partial charge in [0.2, 0.25) is 17.6 Å². The van der Waals surface area contributed by atoms with Crippen LogP contribution in [0.2, 0.25) is 0 Å². The van der Waals surface area contributed by atoms with Gasteiger partial charge in [-0.05, 0) is 50.5 Å². The number of aromatic nitrogens is 4. The third-order valence-electron chi connectivity index (χ3n) is 3.60. The molecule has 1 aromatic carbocycles. The van der Waals surface area contributed by atoms with Gasteiger partial charge in [0.15, 0.2) is 5.82 Å². The molecule has 0 radical (unpaired) electrons. The topological polar surface area (TPSA) is 87.1 Å². The van der Waals surface area contributed by atoms with Gasteiger partial charge in [0.05, 0.1) is 6.61 Å². The summed E-state index contributed by atoms with van der Waals surface area (Å²) in [7, 11) is 0. The lowest BCUT2D eigenvalue weighted by Crippen LogP contribution is -2.03. The normalized spacial score (nSPS) is 11.0. The molecule has 0 atom stereocenters. The number of nitrogens with zero attached hydrogens (tertiary/aromatic N) is 4. The SMILES string of the molecule is Cc1noc(CCCOc2c(C)cc(-c3noc(C)n3)cc2C)n1. The van der Waals surface area contributed by atoms with Gasteiger partial charge in [0.25, 0.3) is 0 Å².